The van der Waals surface area contributed by atoms with Crippen LogP contribution in [0.5, 0.6) is 0 Å². The van der Waals surface area contributed by atoms with Crippen LogP contribution in [0.25, 0.3) is 0 Å². The summed E-state index contributed by atoms with van der Waals surface area (Å²) in [5.41, 5.74) is 6.09. The first-order chi connectivity index (χ1) is 8.36. The van der Waals surface area contributed by atoms with Gasteiger partial charge in [-0.25, -0.2) is 0 Å². The molecule has 0 bridgehead atoms. The lowest BCUT2D eigenvalue weighted by Crippen LogP contribution is -2.39. The predicted octanol–water partition coefficient (Wildman–Crippen LogP) is 3.13. The molecule has 0 fully saturated rings. The third-order valence-corrected chi connectivity index (χ3v) is 4.00. The van der Waals surface area contributed by atoms with Gasteiger partial charge >= 0.3 is 0 Å². The van der Waals surface area contributed by atoms with E-state index in [0.29, 0.717) is 12.0 Å². The van der Waals surface area contributed by atoms with Crippen LogP contribution in [0.4, 0.5) is 0 Å². The van der Waals surface area contributed by atoms with Crippen molar-refractivity contribution in [1.82, 2.24) is 5.43 Å². The summed E-state index contributed by atoms with van der Waals surface area (Å²) < 4.78 is 0. The minimum atomic E-state index is 0.449. The van der Waals surface area contributed by atoms with Gasteiger partial charge in [-0.3, -0.25) is 11.3 Å². The molecule has 17 heavy (non-hydrogen) atoms. The van der Waals surface area contributed by atoms with Gasteiger partial charge in [-0.15, -0.1) is 0 Å². The number of hydrogen-bond acceptors (Lipinski definition) is 2. The molecule has 0 radical (unpaired) electrons. The van der Waals surface area contributed by atoms with Gasteiger partial charge in [-0.1, -0.05) is 50.5 Å². The minimum Gasteiger partial charge on any atom is -0.271 e. The Bertz CT molecular complexity index is 349. The Morgan fingerprint density at radius 2 is 2.18 bits per heavy atom. The van der Waals surface area contributed by atoms with E-state index >= 15 is 0 Å². The summed E-state index contributed by atoms with van der Waals surface area (Å²) in [6.45, 7) is 2.25. The molecule has 0 amide bonds. The number of unbranched alkanes of at least 4 members (excludes halogenated alkanes) is 2. The normalized spacial score (nSPS) is 20.2. The van der Waals surface area contributed by atoms with Crippen molar-refractivity contribution in [1.29, 1.82) is 0 Å². The van der Waals surface area contributed by atoms with Gasteiger partial charge in [0, 0.05) is 12.0 Å². The van der Waals surface area contributed by atoms with Gasteiger partial charge < -0.3 is 0 Å². The fourth-order valence-electron chi connectivity index (χ4n) is 3.02. The topological polar surface area (TPSA) is 38.0 Å². The molecule has 1 aromatic carbocycles. The van der Waals surface area contributed by atoms with Gasteiger partial charge in [-0.2, -0.15) is 0 Å². The summed E-state index contributed by atoms with van der Waals surface area (Å²) in [4.78, 5) is 0. The summed E-state index contributed by atoms with van der Waals surface area (Å²) in [6.07, 6.45) is 7.53. The van der Waals surface area contributed by atoms with Crippen LogP contribution in [0.3, 0.4) is 0 Å². The highest BCUT2D eigenvalue weighted by atomic mass is 15.2. The number of rotatable bonds is 6. The molecule has 2 rings (SSSR count). The molecule has 0 saturated carbocycles. The van der Waals surface area contributed by atoms with Crippen molar-refractivity contribution in [2.45, 2.75) is 57.4 Å². The molecule has 1 aliphatic carbocycles. The molecule has 1 aliphatic rings. The van der Waals surface area contributed by atoms with Crippen LogP contribution in [-0.2, 0) is 6.42 Å². The summed E-state index contributed by atoms with van der Waals surface area (Å²) in [5.74, 6) is 6.36. The van der Waals surface area contributed by atoms with Gasteiger partial charge in [0.15, 0.2) is 0 Å². The third-order valence-electron chi connectivity index (χ3n) is 4.00. The highest BCUT2D eigenvalue weighted by Gasteiger charge is 2.28. The first-order valence-electron chi connectivity index (χ1n) is 6.90. The Balaban J connectivity index is 2.01. The molecule has 2 unspecified atom stereocenters. The number of hydrazine groups is 1. The molecule has 94 valence electrons. The van der Waals surface area contributed by atoms with Crippen LogP contribution in [0, 0.1) is 0 Å². The molecule has 2 atom stereocenters. The van der Waals surface area contributed by atoms with Crippen molar-refractivity contribution in [3.05, 3.63) is 35.4 Å². The maximum Gasteiger partial charge on any atom is 0.0279 e. The summed E-state index contributed by atoms with van der Waals surface area (Å²) in [5, 5.41) is 0. The average molecular weight is 232 g/mol. The molecule has 0 aromatic heterocycles. The highest BCUT2D eigenvalue weighted by molar-refractivity contribution is 5.35. The van der Waals surface area contributed by atoms with Crippen LogP contribution < -0.4 is 11.3 Å². The molecule has 2 heteroatoms. The van der Waals surface area contributed by atoms with E-state index in [1.165, 1.54) is 49.7 Å². The molecule has 0 heterocycles. The van der Waals surface area contributed by atoms with E-state index in [9.17, 15) is 0 Å². The largest absolute Gasteiger partial charge is 0.271 e. The molecular formula is C15H24N2. The Morgan fingerprint density at radius 3 is 2.94 bits per heavy atom. The standard InChI is InChI=1S/C15H24N2/c1-2-3-4-9-15(17-16)14-11-10-12-7-5-6-8-13(12)14/h5-8,14-15,17H,2-4,9-11,16H2,1H3. The maximum atomic E-state index is 5.74. The maximum absolute atomic E-state index is 5.74. The summed E-state index contributed by atoms with van der Waals surface area (Å²) in [7, 11) is 0. The Morgan fingerprint density at radius 1 is 1.35 bits per heavy atom. The fraction of sp³-hybridized carbons (Fsp3) is 0.600. The second kappa shape index (κ2) is 6.18. The van der Waals surface area contributed by atoms with Crippen LogP contribution in [0.15, 0.2) is 24.3 Å². The van der Waals surface area contributed by atoms with Crippen molar-refractivity contribution in [3.63, 3.8) is 0 Å². The molecule has 0 spiro atoms. The van der Waals surface area contributed by atoms with Gasteiger partial charge in [-0.05, 0) is 30.4 Å². The summed E-state index contributed by atoms with van der Waals surface area (Å²) >= 11 is 0. The van der Waals surface area contributed by atoms with Gasteiger partial charge in [0.05, 0.1) is 0 Å². The van der Waals surface area contributed by atoms with Gasteiger partial charge in [0.1, 0.15) is 0 Å². The van der Waals surface area contributed by atoms with Crippen molar-refractivity contribution in [3.8, 4) is 0 Å². The first kappa shape index (κ1) is 12.6. The van der Waals surface area contributed by atoms with E-state index in [1.807, 2.05) is 0 Å². The molecule has 0 saturated heterocycles. The molecule has 2 nitrogen and oxygen atoms in total. The van der Waals surface area contributed by atoms with E-state index in [0.717, 1.165) is 0 Å². The zero-order valence-corrected chi connectivity index (χ0v) is 10.8. The number of benzene rings is 1. The van der Waals surface area contributed by atoms with E-state index in [-0.39, 0.29) is 0 Å². The molecular weight excluding hydrogens is 208 g/mol. The van der Waals surface area contributed by atoms with Crippen LogP contribution in [-0.4, -0.2) is 6.04 Å². The molecule has 1 aromatic rings. The molecule has 3 N–H and O–H groups in total. The number of nitrogens with one attached hydrogen (secondary N) is 1. The predicted molar refractivity (Wildman–Crippen MR) is 72.8 cm³/mol. The lowest BCUT2D eigenvalue weighted by Gasteiger charge is -2.23. The lowest BCUT2D eigenvalue weighted by atomic mass is 9.90. The smallest absolute Gasteiger partial charge is 0.0279 e. The zero-order chi connectivity index (χ0) is 12.1. The van der Waals surface area contributed by atoms with Crippen molar-refractivity contribution in [2.75, 3.05) is 0 Å². The Hall–Kier alpha value is -0.860. The summed E-state index contributed by atoms with van der Waals surface area (Å²) in [6, 6.07) is 9.27. The Kier molecular flexibility index (Phi) is 4.57. The van der Waals surface area contributed by atoms with Crippen LogP contribution in [0.2, 0.25) is 0 Å². The molecule has 0 aliphatic heterocycles. The minimum absolute atomic E-state index is 0.449. The SMILES string of the molecule is CCCCCC(NN)C1CCc2ccccc21. The first-order valence-corrected chi connectivity index (χ1v) is 6.90. The van der Waals surface area contributed by atoms with Crippen LogP contribution in [0.1, 0.15) is 56.1 Å². The quantitative estimate of drug-likeness (QED) is 0.449. The number of hydrogen-bond donors (Lipinski definition) is 2. The third kappa shape index (κ3) is 2.88. The second-order valence-corrected chi connectivity index (χ2v) is 5.11. The lowest BCUT2D eigenvalue weighted by molar-refractivity contribution is 0.398. The number of fused-ring (bicyclic) bond motifs is 1. The van der Waals surface area contributed by atoms with Crippen LogP contribution >= 0.6 is 0 Å². The second-order valence-electron chi connectivity index (χ2n) is 5.11. The van der Waals surface area contributed by atoms with Crippen molar-refractivity contribution in [2.24, 2.45) is 5.84 Å². The van der Waals surface area contributed by atoms with Gasteiger partial charge in [0.2, 0.25) is 0 Å². The van der Waals surface area contributed by atoms with Gasteiger partial charge in [0.25, 0.3) is 0 Å². The number of nitrogens with two attached hydrogens (primary N) is 1. The fourth-order valence-corrected chi connectivity index (χ4v) is 3.02. The van der Waals surface area contributed by atoms with E-state index in [2.05, 4.69) is 36.6 Å². The van der Waals surface area contributed by atoms with Crippen molar-refractivity contribution < 1.29 is 0 Å². The monoisotopic (exact) mass is 232 g/mol. The average Bonchev–Trinajstić information content (AvgIpc) is 2.79. The van der Waals surface area contributed by atoms with Crippen molar-refractivity contribution >= 4 is 0 Å². The number of aryl methyl sites for hydroxylation is 1. The Labute approximate surface area is 105 Å². The zero-order valence-electron chi connectivity index (χ0n) is 10.8. The van der Waals surface area contributed by atoms with E-state index < -0.39 is 0 Å². The highest BCUT2D eigenvalue weighted by Crippen LogP contribution is 2.36. The van der Waals surface area contributed by atoms with E-state index in [4.69, 9.17) is 5.84 Å². The van der Waals surface area contributed by atoms with E-state index in [1.54, 1.807) is 0 Å².